The van der Waals surface area contributed by atoms with Crippen LogP contribution in [0.25, 0.3) is 0 Å². The Balaban J connectivity index is 1.54. The SMILES string of the molecule is COc1ccc(C(=O)N[C@@H]2CCCC[C@@H]2NC(=O)CNC(=O)c2cccc(C(F)(F)F)c2)cc1. The molecule has 0 unspecified atom stereocenters. The standard InChI is InChI=1S/C24H26F3N3O4/c1-34-18-11-9-15(10-12-18)23(33)30-20-8-3-2-7-19(20)29-21(31)14-28-22(32)16-5-4-6-17(13-16)24(25,26)27/h4-6,9-13,19-20H,2-3,7-8,14H2,1H3,(H,28,32)(H,29,31)(H,30,33)/t19-,20+/m0/s1. The molecule has 0 saturated heterocycles. The van der Waals surface area contributed by atoms with Crippen LogP contribution >= 0.6 is 0 Å². The molecule has 34 heavy (non-hydrogen) atoms. The van der Waals surface area contributed by atoms with Crippen molar-refractivity contribution in [2.45, 2.75) is 43.9 Å². The molecule has 0 spiro atoms. The number of nitrogens with one attached hydrogen (secondary N) is 3. The van der Waals surface area contributed by atoms with Crippen molar-refractivity contribution in [3.63, 3.8) is 0 Å². The highest BCUT2D eigenvalue weighted by atomic mass is 19.4. The van der Waals surface area contributed by atoms with Crippen LogP contribution in [0.2, 0.25) is 0 Å². The zero-order valence-corrected chi connectivity index (χ0v) is 18.6. The maximum atomic E-state index is 12.8. The highest BCUT2D eigenvalue weighted by molar-refractivity contribution is 5.97. The van der Waals surface area contributed by atoms with E-state index >= 15 is 0 Å². The molecule has 3 rings (SSSR count). The molecular formula is C24H26F3N3O4. The van der Waals surface area contributed by atoms with Crippen molar-refractivity contribution in [3.8, 4) is 5.75 Å². The van der Waals surface area contributed by atoms with Crippen LogP contribution in [0, 0.1) is 0 Å². The molecule has 0 aliphatic heterocycles. The smallest absolute Gasteiger partial charge is 0.416 e. The predicted molar refractivity (Wildman–Crippen MR) is 118 cm³/mol. The molecule has 0 aromatic heterocycles. The number of benzene rings is 2. The van der Waals surface area contributed by atoms with E-state index in [1.165, 1.54) is 13.2 Å². The summed E-state index contributed by atoms with van der Waals surface area (Å²) in [5.41, 5.74) is -0.669. The number of ether oxygens (including phenoxy) is 1. The molecule has 1 aliphatic rings. The second kappa shape index (κ2) is 11.0. The molecule has 1 aliphatic carbocycles. The third-order valence-corrected chi connectivity index (χ3v) is 5.64. The van der Waals surface area contributed by atoms with Crippen molar-refractivity contribution < 1.29 is 32.3 Å². The van der Waals surface area contributed by atoms with Crippen LogP contribution in [-0.2, 0) is 11.0 Å². The van der Waals surface area contributed by atoms with E-state index in [1.54, 1.807) is 24.3 Å². The van der Waals surface area contributed by atoms with E-state index in [9.17, 15) is 27.6 Å². The average Bonchev–Trinajstić information content (AvgIpc) is 2.83. The third-order valence-electron chi connectivity index (χ3n) is 5.64. The van der Waals surface area contributed by atoms with Gasteiger partial charge in [-0.2, -0.15) is 13.2 Å². The first-order chi connectivity index (χ1) is 16.2. The lowest BCUT2D eigenvalue weighted by Gasteiger charge is -2.33. The fraction of sp³-hybridized carbons (Fsp3) is 0.375. The highest BCUT2D eigenvalue weighted by Crippen LogP contribution is 2.29. The molecular weight excluding hydrogens is 451 g/mol. The summed E-state index contributed by atoms with van der Waals surface area (Å²) in [6, 6.07) is 10.0. The lowest BCUT2D eigenvalue weighted by molar-refractivity contribution is -0.137. The van der Waals surface area contributed by atoms with Crippen molar-refractivity contribution in [2.75, 3.05) is 13.7 Å². The van der Waals surface area contributed by atoms with Crippen molar-refractivity contribution in [3.05, 3.63) is 65.2 Å². The molecule has 2 aromatic rings. The normalized spacial score (nSPS) is 18.0. The second-order valence-corrected chi connectivity index (χ2v) is 8.03. The predicted octanol–water partition coefficient (Wildman–Crippen LogP) is 3.30. The first kappa shape index (κ1) is 25.1. The number of carbonyl (C=O) groups is 3. The average molecular weight is 477 g/mol. The Labute approximate surface area is 195 Å². The zero-order valence-electron chi connectivity index (χ0n) is 18.6. The van der Waals surface area contributed by atoms with E-state index in [4.69, 9.17) is 4.74 Å². The molecule has 1 fully saturated rings. The van der Waals surface area contributed by atoms with Gasteiger partial charge in [0.15, 0.2) is 0 Å². The van der Waals surface area contributed by atoms with E-state index in [-0.39, 0.29) is 23.6 Å². The molecule has 3 amide bonds. The molecule has 3 N–H and O–H groups in total. The molecule has 10 heteroatoms. The Hall–Kier alpha value is -3.56. The van der Waals surface area contributed by atoms with Gasteiger partial charge in [-0.15, -0.1) is 0 Å². The summed E-state index contributed by atoms with van der Waals surface area (Å²) in [6.07, 6.45) is -1.47. The maximum Gasteiger partial charge on any atom is 0.416 e. The van der Waals surface area contributed by atoms with E-state index in [0.29, 0.717) is 24.2 Å². The van der Waals surface area contributed by atoms with Gasteiger partial charge < -0.3 is 20.7 Å². The number of alkyl halides is 3. The third kappa shape index (κ3) is 6.72. The van der Waals surface area contributed by atoms with Crippen molar-refractivity contribution in [1.82, 2.24) is 16.0 Å². The first-order valence-electron chi connectivity index (χ1n) is 10.9. The Kier molecular flexibility index (Phi) is 8.14. The van der Waals surface area contributed by atoms with Crippen LogP contribution in [0.1, 0.15) is 52.0 Å². The van der Waals surface area contributed by atoms with Gasteiger partial charge in [0.05, 0.1) is 19.2 Å². The molecule has 0 heterocycles. The number of halogens is 3. The number of amides is 3. The molecule has 0 radical (unpaired) electrons. The number of hydrogen-bond donors (Lipinski definition) is 3. The highest BCUT2D eigenvalue weighted by Gasteiger charge is 2.31. The largest absolute Gasteiger partial charge is 0.497 e. The maximum absolute atomic E-state index is 12.8. The van der Waals surface area contributed by atoms with Crippen LogP contribution in [0.5, 0.6) is 5.75 Å². The van der Waals surface area contributed by atoms with Crippen LogP contribution < -0.4 is 20.7 Å². The lowest BCUT2D eigenvalue weighted by atomic mass is 9.90. The van der Waals surface area contributed by atoms with Gasteiger partial charge in [-0.05, 0) is 55.3 Å². The van der Waals surface area contributed by atoms with E-state index < -0.39 is 30.1 Å². The lowest BCUT2D eigenvalue weighted by Crippen LogP contribution is -2.54. The molecule has 7 nitrogen and oxygen atoms in total. The number of carbonyl (C=O) groups excluding carboxylic acids is 3. The minimum Gasteiger partial charge on any atom is -0.497 e. The minimum atomic E-state index is -4.57. The van der Waals surface area contributed by atoms with Gasteiger partial charge in [0.25, 0.3) is 11.8 Å². The topological polar surface area (TPSA) is 96.5 Å². The van der Waals surface area contributed by atoms with Crippen LogP contribution in [-0.4, -0.2) is 43.5 Å². The van der Waals surface area contributed by atoms with Crippen LogP contribution in [0.3, 0.4) is 0 Å². The van der Waals surface area contributed by atoms with Gasteiger partial charge in [0, 0.05) is 23.2 Å². The van der Waals surface area contributed by atoms with Gasteiger partial charge in [-0.3, -0.25) is 14.4 Å². The Bertz CT molecular complexity index is 1020. The summed E-state index contributed by atoms with van der Waals surface area (Å²) in [6.45, 7) is -0.398. The van der Waals surface area contributed by atoms with Gasteiger partial charge in [-0.25, -0.2) is 0 Å². The summed E-state index contributed by atoms with van der Waals surface area (Å²) < 4.78 is 43.6. The van der Waals surface area contributed by atoms with E-state index in [2.05, 4.69) is 16.0 Å². The number of rotatable bonds is 7. The van der Waals surface area contributed by atoms with Crippen LogP contribution in [0.4, 0.5) is 13.2 Å². The van der Waals surface area contributed by atoms with Crippen LogP contribution in [0.15, 0.2) is 48.5 Å². The van der Waals surface area contributed by atoms with Crippen molar-refractivity contribution in [1.29, 1.82) is 0 Å². The summed E-state index contributed by atoms with van der Waals surface area (Å²) in [4.78, 5) is 37.2. The molecule has 1 saturated carbocycles. The quantitative estimate of drug-likeness (QED) is 0.570. The minimum absolute atomic E-state index is 0.190. The fourth-order valence-electron chi connectivity index (χ4n) is 3.83. The Morgan fingerprint density at radius 2 is 1.56 bits per heavy atom. The number of hydrogen-bond acceptors (Lipinski definition) is 4. The Morgan fingerprint density at radius 1 is 0.912 bits per heavy atom. The molecule has 2 atom stereocenters. The van der Waals surface area contributed by atoms with Gasteiger partial charge in [0.2, 0.25) is 5.91 Å². The number of methoxy groups -OCH3 is 1. The molecule has 0 bridgehead atoms. The van der Waals surface area contributed by atoms with Crippen molar-refractivity contribution >= 4 is 17.7 Å². The first-order valence-corrected chi connectivity index (χ1v) is 10.9. The fourth-order valence-corrected chi connectivity index (χ4v) is 3.83. The van der Waals surface area contributed by atoms with Crippen molar-refractivity contribution in [2.24, 2.45) is 0 Å². The molecule has 2 aromatic carbocycles. The Morgan fingerprint density at radius 3 is 2.18 bits per heavy atom. The monoisotopic (exact) mass is 477 g/mol. The van der Waals surface area contributed by atoms with Gasteiger partial charge in [0.1, 0.15) is 5.75 Å². The molecule has 182 valence electrons. The van der Waals surface area contributed by atoms with E-state index in [0.717, 1.165) is 31.0 Å². The second-order valence-electron chi connectivity index (χ2n) is 8.03. The summed E-state index contributed by atoms with van der Waals surface area (Å²) >= 11 is 0. The zero-order chi connectivity index (χ0) is 24.7. The summed E-state index contributed by atoms with van der Waals surface area (Å²) in [5.74, 6) is -0.914. The van der Waals surface area contributed by atoms with Gasteiger partial charge >= 0.3 is 6.18 Å². The van der Waals surface area contributed by atoms with E-state index in [1.807, 2.05) is 0 Å². The summed E-state index contributed by atoms with van der Waals surface area (Å²) in [5, 5.41) is 8.11. The summed E-state index contributed by atoms with van der Waals surface area (Å²) in [7, 11) is 1.53. The van der Waals surface area contributed by atoms with Gasteiger partial charge in [-0.1, -0.05) is 18.9 Å².